The van der Waals surface area contributed by atoms with Gasteiger partial charge in [0.1, 0.15) is 12.6 Å². The van der Waals surface area contributed by atoms with Gasteiger partial charge < -0.3 is 4.74 Å². The van der Waals surface area contributed by atoms with Crippen LogP contribution in [0.1, 0.15) is 23.4 Å². The molecule has 0 fully saturated rings. The summed E-state index contributed by atoms with van der Waals surface area (Å²) in [6, 6.07) is 17.4. The Labute approximate surface area is 197 Å². The second kappa shape index (κ2) is 8.77. The van der Waals surface area contributed by atoms with E-state index >= 15 is 0 Å². The van der Waals surface area contributed by atoms with Gasteiger partial charge in [-0.1, -0.05) is 72.5 Å². The number of rotatable bonds is 5. The third-order valence-electron chi connectivity index (χ3n) is 5.50. The summed E-state index contributed by atoms with van der Waals surface area (Å²) in [7, 11) is 0. The van der Waals surface area contributed by atoms with Crippen molar-refractivity contribution in [3.63, 3.8) is 0 Å². The monoisotopic (exact) mass is 472 g/mol. The number of ether oxygens (including phenoxy) is 1. The molecule has 2 aromatic heterocycles. The summed E-state index contributed by atoms with van der Waals surface area (Å²) in [6.07, 6.45) is 3.43. The van der Waals surface area contributed by atoms with E-state index in [1.165, 1.54) is 28.7 Å². The molecule has 3 heterocycles. The van der Waals surface area contributed by atoms with Gasteiger partial charge in [0.15, 0.2) is 4.80 Å². The van der Waals surface area contributed by atoms with Gasteiger partial charge in [0.05, 0.1) is 15.8 Å². The molecule has 0 aliphatic carbocycles. The Morgan fingerprint density at radius 1 is 1.18 bits per heavy atom. The fourth-order valence-electron chi connectivity index (χ4n) is 4.03. The normalized spacial score (nSPS) is 15.9. The van der Waals surface area contributed by atoms with Crippen molar-refractivity contribution in [3.8, 4) is 0 Å². The fraction of sp³-hybridized carbons (Fsp3) is 0.115. The molecular weight excluding hydrogens is 452 g/mol. The SMILES string of the molecule is C=CCOC(=O)C1=C(C)N=c2sc(=Cc3cccc4ccccc34)c(=O)n2C1c1cccs1. The lowest BCUT2D eigenvalue weighted by atomic mass is 10.0. The van der Waals surface area contributed by atoms with E-state index < -0.39 is 12.0 Å². The first-order chi connectivity index (χ1) is 16.1. The molecule has 0 saturated heterocycles. The molecule has 33 heavy (non-hydrogen) atoms. The summed E-state index contributed by atoms with van der Waals surface area (Å²) >= 11 is 2.83. The van der Waals surface area contributed by atoms with Gasteiger partial charge in [-0.15, -0.1) is 11.3 Å². The molecule has 1 unspecified atom stereocenters. The lowest BCUT2D eigenvalue weighted by Crippen LogP contribution is -2.39. The molecule has 0 amide bonds. The number of esters is 1. The molecule has 5 rings (SSSR count). The fourth-order valence-corrected chi connectivity index (χ4v) is 5.89. The quantitative estimate of drug-likeness (QED) is 0.323. The number of thiophene rings is 1. The number of benzene rings is 2. The molecule has 0 bridgehead atoms. The highest BCUT2D eigenvalue weighted by Crippen LogP contribution is 2.33. The van der Waals surface area contributed by atoms with Crippen LogP contribution in [-0.2, 0) is 9.53 Å². The first kappa shape index (κ1) is 21.3. The highest BCUT2D eigenvalue weighted by molar-refractivity contribution is 7.10. The molecule has 0 radical (unpaired) electrons. The summed E-state index contributed by atoms with van der Waals surface area (Å²) in [4.78, 5) is 32.7. The maximum Gasteiger partial charge on any atom is 0.338 e. The number of carbonyl (C=O) groups excluding carboxylic acids is 1. The number of allylic oxidation sites excluding steroid dienone is 1. The molecule has 5 nitrogen and oxygen atoms in total. The molecule has 0 N–H and O–H groups in total. The molecule has 4 aromatic rings. The zero-order chi connectivity index (χ0) is 22.9. The van der Waals surface area contributed by atoms with Gasteiger partial charge in [0.2, 0.25) is 0 Å². The number of nitrogens with zero attached hydrogens (tertiary/aromatic N) is 2. The zero-order valence-corrected chi connectivity index (χ0v) is 19.5. The average Bonchev–Trinajstić information content (AvgIpc) is 3.45. The number of thiazole rings is 1. The molecular formula is C26H20N2O3S2. The summed E-state index contributed by atoms with van der Waals surface area (Å²) in [5, 5.41) is 4.12. The summed E-state index contributed by atoms with van der Waals surface area (Å²) in [5.74, 6) is -0.488. The van der Waals surface area contributed by atoms with Crippen LogP contribution in [0.3, 0.4) is 0 Å². The van der Waals surface area contributed by atoms with Crippen molar-refractivity contribution >= 4 is 45.5 Å². The summed E-state index contributed by atoms with van der Waals surface area (Å²) < 4.78 is 7.53. The van der Waals surface area contributed by atoms with E-state index in [0.717, 1.165) is 21.2 Å². The standard InChI is InChI=1S/C26H20N2O3S2/c1-3-13-31-25(30)22-16(2)27-26-28(23(22)20-12-7-14-32-20)24(29)21(33-26)15-18-10-6-9-17-8-4-5-11-19(17)18/h3-12,14-15,23H,1,13H2,2H3. The van der Waals surface area contributed by atoms with Crippen molar-refractivity contribution in [2.45, 2.75) is 13.0 Å². The van der Waals surface area contributed by atoms with Gasteiger partial charge in [-0.25, -0.2) is 9.79 Å². The Kier molecular flexibility index (Phi) is 5.66. The van der Waals surface area contributed by atoms with Gasteiger partial charge in [-0.3, -0.25) is 9.36 Å². The van der Waals surface area contributed by atoms with E-state index in [1.807, 2.05) is 53.9 Å². The number of hydrogen-bond donors (Lipinski definition) is 0. The Morgan fingerprint density at radius 2 is 2.00 bits per heavy atom. The number of fused-ring (bicyclic) bond motifs is 2. The third-order valence-corrected chi connectivity index (χ3v) is 7.40. The lowest BCUT2D eigenvalue weighted by molar-refractivity contribution is -0.138. The van der Waals surface area contributed by atoms with E-state index in [4.69, 9.17) is 4.74 Å². The second-order valence-corrected chi connectivity index (χ2v) is 9.54. The van der Waals surface area contributed by atoms with Crippen molar-refractivity contribution in [1.29, 1.82) is 0 Å². The van der Waals surface area contributed by atoms with Crippen LogP contribution in [0.15, 0.2) is 93.7 Å². The maximum absolute atomic E-state index is 13.6. The highest BCUT2D eigenvalue weighted by atomic mass is 32.1. The molecule has 0 saturated carbocycles. The summed E-state index contributed by atoms with van der Waals surface area (Å²) in [5.41, 5.74) is 1.72. The lowest BCUT2D eigenvalue weighted by Gasteiger charge is -2.23. The number of aromatic nitrogens is 1. The molecule has 0 spiro atoms. The van der Waals surface area contributed by atoms with Crippen molar-refractivity contribution in [2.75, 3.05) is 6.61 Å². The van der Waals surface area contributed by atoms with Crippen molar-refractivity contribution < 1.29 is 9.53 Å². The molecule has 1 aliphatic rings. The molecule has 1 aliphatic heterocycles. The number of hydrogen-bond acceptors (Lipinski definition) is 6. The van der Waals surface area contributed by atoms with Crippen LogP contribution in [-0.4, -0.2) is 17.1 Å². The van der Waals surface area contributed by atoms with Crippen LogP contribution in [0, 0.1) is 0 Å². The predicted octanol–water partition coefficient (Wildman–Crippen LogP) is 4.18. The molecule has 1 atom stereocenters. The van der Waals surface area contributed by atoms with E-state index in [9.17, 15) is 9.59 Å². The number of carbonyl (C=O) groups is 1. The van der Waals surface area contributed by atoms with Crippen LogP contribution >= 0.6 is 22.7 Å². The minimum Gasteiger partial charge on any atom is -0.458 e. The van der Waals surface area contributed by atoms with Crippen LogP contribution in [0.5, 0.6) is 0 Å². The minimum atomic E-state index is -0.576. The van der Waals surface area contributed by atoms with Gasteiger partial charge in [0, 0.05) is 4.88 Å². The smallest absolute Gasteiger partial charge is 0.338 e. The molecule has 2 aromatic carbocycles. The minimum absolute atomic E-state index is 0.0955. The van der Waals surface area contributed by atoms with Crippen LogP contribution in [0.25, 0.3) is 16.8 Å². The van der Waals surface area contributed by atoms with Crippen molar-refractivity contribution in [2.24, 2.45) is 4.99 Å². The van der Waals surface area contributed by atoms with E-state index in [0.29, 0.717) is 20.6 Å². The van der Waals surface area contributed by atoms with Crippen LogP contribution in [0.2, 0.25) is 0 Å². The van der Waals surface area contributed by atoms with E-state index in [1.54, 1.807) is 11.5 Å². The molecule has 7 heteroatoms. The second-order valence-electron chi connectivity index (χ2n) is 7.55. The first-order valence-corrected chi connectivity index (χ1v) is 12.1. The predicted molar refractivity (Wildman–Crippen MR) is 133 cm³/mol. The van der Waals surface area contributed by atoms with Gasteiger partial charge in [0.25, 0.3) is 5.56 Å². The Bertz CT molecular complexity index is 1590. The van der Waals surface area contributed by atoms with Crippen LogP contribution in [0.4, 0.5) is 0 Å². The Balaban J connectivity index is 1.72. The van der Waals surface area contributed by atoms with Gasteiger partial charge in [-0.2, -0.15) is 0 Å². The van der Waals surface area contributed by atoms with Gasteiger partial charge >= 0.3 is 5.97 Å². The Morgan fingerprint density at radius 3 is 2.79 bits per heavy atom. The third kappa shape index (κ3) is 3.79. The molecule has 164 valence electrons. The van der Waals surface area contributed by atoms with E-state index in [2.05, 4.69) is 23.7 Å². The maximum atomic E-state index is 13.6. The van der Waals surface area contributed by atoms with Crippen molar-refractivity contribution in [1.82, 2.24) is 4.57 Å². The van der Waals surface area contributed by atoms with E-state index in [-0.39, 0.29) is 12.2 Å². The van der Waals surface area contributed by atoms with Crippen molar-refractivity contribution in [3.05, 3.63) is 114 Å². The Hall–Kier alpha value is -3.55. The zero-order valence-electron chi connectivity index (χ0n) is 17.9. The highest BCUT2D eigenvalue weighted by Gasteiger charge is 2.33. The topological polar surface area (TPSA) is 60.7 Å². The first-order valence-electron chi connectivity index (χ1n) is 10.4. The van der Waals surface area contributed by atoms with Crippen LogP contribution < -0.4 is 14.9 Å². The summed E-state index contributed by atoms with van der Waals surface area (Å²) in [6.45, 7) is 5.49. The largest absolute Gasteiger partial charge is 0.458 e. The van der Waals surface area contributed by atoms with Gasteiger partial charge in [-0.05, 0) is 40.8 Å². The average molecular weight is 473 g/mol.